The molecule has 0 aliphatic carbocycles. The number of hydrogen-bond donors (Lipinski definition) is 0. The zero-order valence-corrected chi connectivity index (χ0v) is 17.3. The molecule has 0 saturated carbocycles. The molecule has 0 N–H and O–H groups in total. The number of fused-ring (bicyclic) bond motifs is 2. The molecule has 3 aromatic rings. The van der Waals surface area contributed by atoms with E-state index in [-0.39, 0.29) is 0 Å². The lowest BCUT2D eigenvalue weighted by Crippen LogP contribution is -1.91. The van der Waals surface area contributed by atoms with Crippen molar-refractivity contribution >= 4 is 43.0 Å². The van der Waals surface area contributed by atoms with Gasteiger partial charge in [0.05, 0.1) is 0 Å². The van der Waals surface area contributed by atoms with Crippen molar-refractivity contribution in [3.63, 3.8) is 0 Å². The third-order valence-corrected chi connectivity index (χ3v) is 5.35. The van der Waals surface area contributed by atoms with E-state index in [9.17, 15) is 0 Å². The third kappa shape index (κ3) is 4.04. The lowest BCUT2D eigenvalue weighted by atomic mass is 9.90. The number of benzene rings is 3. The summed E-state index contributed by atoms with van der Waals surface area (Å²) in [7, 11) is 0. The molecule has 134 valence electrons. The molecular weight excluding hydrogens is 392 g/mol. The molecule has 0 amide bonds. The predicted octanol–water partition coefficient (Wildman–Crippen LogP) is 8.40. The Bertz CT molecular complexity index is 1050. The van der Waals surface area contributed by atoms with Crippen molar-refractivity contribution in [2.24, 2.45) is 0 Å². The monoisotopic (exact) mass is 414 g/mol. The summed E-state index contributed by atoms with van der Waals surface area (Å²) in [5.41, 5.74) is 3.59. The first-order valence-corrected chi connectivity index (χ1v) is 9.86. The predicted molar refractivity (Wildman–Crippen MR) is 125 cm³/mol. The molecule has 0 heterocycles. The maximum absolute atomic E-state index is 3.94. The average molecular weight is 415 g/mol. The van der Waals surface area contributed by atoms with Crippen LogP contribution >= 0.6 is 15.9 Å². The highest BCUT2D eigenvalue weighted by Crippen LogP contribution is 2.40. The second kappa shape index (κ2) is 8.83. The molecule has 0 bridgehead atoms. The number of allylic oxidation sites excluding steroid dienone is 9. The standard InChI is InChI=1S/C26H23Br/c1-4-6-7-13-19(3)18-20(12-5-2)25-21-14-8-10-16-23(21)26(27)24-17-11-9-15-22(24)25/h4-18H,2H2,1,3H3/b6-4-,13-7-,19-18+,20-12+. The molecule has 27 heavy (non-hydrogen) atoms. The van der Waals surface area contributed by atoms with Gasteiger partial charge in [-0.25, -0.2) is 0 Å². The number of rotatable bonds is 5. The zero-order valence-electron chi connectivity index (χ0n) is 15.7. The van der Waals surface area contributed by atoms with Gasteiger partial charge in [0.15, 0.2) is 0 Å². The summed E-state index contributed by atoms with van der Waals surface area (Å²) >= 11 is 3.82. The topological polar surface area (TPSA) is 0 Å². The van der Waals surface area contributed by atoms with Gasteiger partial charge < -0.3 is 0 Å². The number of halogens is 1. The van der Waals surface area contributed by atoms with Crippen molar-refractivity contribution in [2.45, 2.75) is 13.8 Å². The van der Waals surface area contributed by atoms with Gasteiger partial charge in [-0.2, -0.15) is 0 Å². The van der Waals surface area contributed by atoms with Gasteiger partial charge in [-0.3, -0.25) is 0 Å². The van der Waals surface area contributed by atoms with Crippen LogP contribution in [0.25, 0.3) is 27.1 Å². The minimum Gasteiger partial charge on any atom is -0.0990 e. The summed E-state index contributed by atoms with van der Waals surface area (Å²) in [6.07, 6.45) is 14.4. The maximum atomic E-state index is 3.94. The molecule has 0 nitrogen and oxygen atoms in total. The van der Waals surface area contributed by atoms with Crippen molar-refractivity contribution in [3.8, 4) is 0 Å². The van der Waals surface area contributed by atoms with Crippen LogP contribution in [0.1, 0.15) is 19.4 Å². The van der Waals surface area contributed by atoms with E-state index in [2.05, 4.69) is 102 Å². The van der Waals surface area contributed by atoms with Crippen molar-refractivity contribution in [1.82, 2.24) is 0 Å². The van der Waals surface area contributed by atoms with Gasteiger partial charge in [-0.15, -0.1) is 0 Å². The maximum Gasteiger partial charge on any atom is 0.0332 e. The summed E-state index contributed by atoms with van der Waals surface area (Å²) in [5.74, 6) is 0. The summed E-state index contributed by atoms with van der Waals surface area (Å²) in [4.78, 5) is 0. The molecule has 0 aliphatic heterocycles. The van der Waals surface area contributed by atoms with Crippen LogP contribution in [0, 0.1) is 0 Å². The van der Waals surface area contributed by atoms with Crippen molar-refractivity contribution < 1.29 is 0 Å². The molecule has 1 heteroatoms. The lowest BCUT2D eigenvalue weighted by molar-refractivity contribution is 1.52. The lowest BCUT2D eigenvalue weighted by Gasteiger charge is -2.15. The fourth-order valence-corrected chi connectivity index (χ4v) is 4.02. The van der Waals surface area contributed by atoms with E-state index in [0.717, 1.165) is 10.0 Å². The first kappa shape index (κ1) is 19.1. The van der Waals surface area contributed by atoms with Crippen molar-refractivity contribution in [2.75, 3.05) is 0 Å². The minimum absolute atomic E-state index is 1.14. The third-order valence-electron chi connectivity index (χ3n) is 4.50. The van der Waals surface area contributed by atoms with Gasteiger partial charge in [-0.05, 0) is 62.5 Å². The van der Waals surface area contributed by atoms with Crippen LogP contribution < -0.4 is 0 Å². The van der Waals surface area contributed by atoms with Gasteiger partial charge in [-0.1, -0.05) is 103 Å². The van der Waals surface area contributed by atoms with Gasteiger partial charge in [0.25, 0.3) is 0 Å². The van der Waals surface area contributed by atoms with Crippen LogP contribution in [0.15, 0.2) is 108 Å². The summed E-state index contributed by atoms with van der Waals surface area (Å²) in [6, 6.07) is 17.1. The van der Waals surface area contributed by atoms with E-state index in [1.807, 2.05) is 25.2 Å². The molecule has 0 fully saturated rings. The normalized spacial score (nSPS) is 13.3. The Labute approximate surface area is 170 Å². The Morgan fingerprint density at radius 3 is 1.96 bits per heavy atom. The van der Waals surface area contributed by atoms with Crippen LogP contribution in [0.5, 0.6) is 0 Å². The van der Waals surface area contributed by atoms with Gasteiger partial charge in [0.1, 0.15) is 0 Å². The van der Waals surface area contributed by atoms with E-state index in [4.69, 9.17) is 0 Å². The summed E-state index contributed by atoms with van der Waals surface area (Å²) < 4.78 is 1.14. The summed E-state index contributed by atoms with van der Waals surface area (Å²) in [5, 5.41) is 4.91. The van der Waals surface area contributed by atoms with Gasteiger partial charge in [0, 0.05) is 4.47 Å². The van der Waals surface area contributed by atoms with E-state index >= 15 is 0 Å². The van der Waals surface area contributed by atoms with Crippen LogP contribution in [-0.4, -0.2) is 0 Å². The minimum atomic E-state index is 1.14. The van der Waals surface area contributed by atoms with Crippen LogP contribution in [-0.2, 0) is 0 Å². The molecule has 0 spiro atoms. The van der Waals surface area contributed by atoms with Gasteiger partial charge in [0.2, 0.25) is 0 Å². The van der Waals surface area contributed by atoms with Crippen LogP contribution in [0.4, 0.5) is 0 Å². The van der Waals surface area contributed by atoms with E-state index in [1.54, 1.807) is 0 Å². The summed E-state index contributed by atoms with van der Waals surface area (Å²) in [6.45, 7) is 8.09. The Kier molecular flexibility index (Phi) is 6.26. The highest BCUT2D eigenvalue weighted by molar-refractivity contribution is 9.10. The second-order valence-electron chi connectivity index (χ2n) is 6.41. The molecule has 0 aromatic heterocycles. The molecule has 0 unspecified atom stereocenters. The SMILES string of the molecule is C=C\C=C(/C=C(C)/C=C\C=C/C)c1c2ccccc2c(Br)c2ccccc12. The van der Waals surface area contributed by atoms with E-state index in [1.165, 1.54) is 32.7 Å². The molecule has 3 rings (SSSR count). The molecular formula is C26H23Br. The van der Waals surface area contributed by atoms with Crippen molar-refractivity contribution in [3.05, 3.63) is 113 Å². The highest BCUT2D eigenvalue weighted by Gasteiger charge is 2.13. The molecule has 0 aliphatic rings. The van der Waals surface area contributed by atoms with E-state index < -0.39 is 0 Å². The highest BCUT2D eigenvalue weighted by atomic mass is 79.9. The molecule has 0 radical (unpaired) electrons. The second-order valence-corrected chi connectivity index (χ2v) is 7.20. The molecule has 0 saturated heterocycles. The fraction of sp³-hybridized carbons (Fsp3) is 0.0769. The van der Waals surface area contributed by atoms with Crippen LogP contribution in [0.3, 0.4) is 0 Å². The largest absolute Gasteiger partial charge is 0.0990 e. The Morgan fingerprint density at radius 2 is 1.44 bits per heavy atom. The molecule has 3 aromatic carbocycles. The Hall–Kier alpha value is -2.64. The van der Waals surface area contributed by atoms with E-state index in [0.29, 0.717) is 0 Å². The van der Waals surface area contributed by atoms with Crippen LogP contribution in [0.2, 0.25) is 0 Å². The van der Waals surface area contributed by atoms with Crippen molar-refractivity contribution in [1.29, 1.82) is 0 Å². The number of hydrogen-bond acceptors (Lipinski definition) is 0. The quantitative estimate of drug-likeness (QED) is 0.290. The zero-order chi connectivity index (χ0) is 19.2. The molecule has 0 atom stereocenters. The smallest absolute Gasteiger partial charge is 0.0332 e. The average Bonchev–Trinajstić information content (AvgIpc) is 2.68. The Balaban J connectivity index is 2.35. The fourth-order valence-electron chi connectivity index (χ4n) is 3.33. The Morgan fingerprint density at radius 1 is 0.889 bits per heavy atom. The first-order valence-electron chi connectivity index (χ1n) is 9.07. The first-order chi connectivity index (χ1) is 13.2. The van der Waals surface area contributed by atoms with Gasteiger partial charge >= 0.3 is 0 Å².